The summed E-state index contributed by atoms with van der Waals surface area (Å²) in [5, 5.41) is 6.97. The minimum Gasteiger partial charge on any atom is -0.493 e. The third-order valence-corrected chi connectivity index (χ3v) is 5.34. The van der Waals surface area contributed by atoms with E-state index in [1.807, 2.05) is 23.1 Å². The summed E-state index contributed by atoms with van der Waals surface area (Å²) >= 11 is 0. The molecule has 0 fully saturated rings. The van der Waals surface area contributed by atoms with Gasteiger partial charge in [0.05, 0.1) is 20.6 Å². The molecule has 152 valence electrons. The molecular formula is C21H30N4O3. The molecule has 1 aromatic heterocycles. The second-order valence-electron chi connectivity index (χ2n) is 7.27. The molecule has 7 nitrogen and oxygen atoms in total. The van der Waals surface area contributed by atoms with Crippen molar-refractivity contribution in [1.29, 1.82) is 0 Å². The van der Waals surface area contributed by atoms with Crippen LogP contribution in [0.5, 0.6) is 11.5 Å². The number of methoxy groups -OCH3 is 2. The molecule has 2 aromatic rings. The Morgan fingerprint density at radius 2 is 1.93 bits per heavy atom. The van der Waals surface area contributed by atoms with Gasteiger partial charge in [-0.2, -0.15) is 5.10 Å². The molecule has 1 aliphatic heterocycles. The third kappa shape index (κ3) is 5.04. The molecule has 0 bridgehead atoms. The molecule has 1 amide bonds. The van der Waals surface area contributed by atoms with Gasteiger partial charge in [-0.15, -0.1) is 0 Å². The Kier molecular flexibility index (Phi) is 6.92. The minimum absolute atomic E-state index is 0.186. The maximum atomic E-state index is 12.7. The maximum Gasteiger partial charge on any atom is 0.227 e. The number of H-pyrrole nitrogens is 1. The highest BCUT2D eigenvalue weighted by atomic mass is 16.5. The topological polar surface area (TPSA) is 70.7 Å². The van der Waals surface area contributed by atoms with Crippen LogP contribution < -0.4 is 9.47 Å². The van der Waals surface area contributed by atoms with E-state index in [2.05, 4.69) is 22.1 Å². The van der Waals surface area contributed by atoms with E-state index in [1.54, 1.807) is 20.4 Å². The smallest absolute Gasteiger partial charge is 0.227 e. The van der Waals surface area contributed by atoms with Gasteiger partial charge in [-0.25, -0.2) is 0 Å². The van der Waals surface area contributed by atoms with Gasteiger partial charge in [0.25, 0.3) is 0 Å². The molecule has 0 spiro atoms. The normalized spacial score (nSPS) is 14.1. The largest absolute Gasteiger partial charge is 0.493 e. The number of hydrogen-bond acceptors (Lipinski definition) is 5. The van der Waals surface area contributed by atoms with Crippen LogP contribution in [0.25, 0.3) is 0 Å². The van der Waals surface area contributed by atoms with Gasteiger partial charge < -0.3 is 19.3 Å². The van der Waals surface area contributed by atoms with Crippen LogP contribution in [0.15, 0.2) is 24.4 Å². The first-order chi connectivity index (χ1) is 13.6. The monoisotopic (exact) mass is 386 g/mol. The van der Waals surface area contributed by atoms with Gasteiger partial charge in [-0.3, -0.25) is 9.89 Å². The minimum atomic E-state index is 0.186. The van der Waals surface area contributed by atoms with Crippen LogP contribution in [0, 0.1) is 0 Å². The molecule has 7 heteroatoms. The SMILES string of the molecule is COc1cc2c(cc1OC)CC(=O)N(CCCN(C)CCc1ccn[nH]1)CC2. The van der Waals surface area contributed by atoms with E-state index >= 15 is 0 Å². The predicted molar refractivity (Wildman–Crippen MR) is 108 cm³/mol. The molecule has 1 aromatic carbocycles. The van der Waals surface area contributed by atoms with Crippen molar-refractivity contribution in [3.63, 3.8) is 0 Å². The zero-order valence-electron chi connectivity index (χ0n) is 17.0. The fraction of sp³-hybridized carbons (Fsp3) is 0.524. The molecule has 0 radical (unpaired) electrons. The molecule has 28 heavy (non-hydrogen) atoms. The lowest BCUT2D eigenvalue weighted by Gasteiger charge is -2.22. The zero-order valence-corrected chi connectivity index (χ0v) is 17.0. The standard InChI is InChI=1S/C21H30N4O3/c1-24(11-7-18-5-8-22-23-18)9-4-10-25-12-6-16-13-19(27-2)20(28-3)14-17(16)15-21(25)26/h5,8,13-14H,4,6-7,9-12,15H2,1-3H3,(H,22,23). The first-order valence-electron chi connectivity index (χ1n) is 9.79. The van der Waals surface area contributed by atoms with Crippen molar-refractivity contribution in [2.45, 2.75) is 25.7 Å². The highest BCUT2D eigenvalue weighted by Crippen LogP contribution is 2.32. The predicted octanol–water partition coefficient (Wildman–Crippen LogP) is 1.92. The van der Waals surface area contributed by atoms with Crippen LogP contribution in [-0.2, 0) is 24.1 Å². The molecule has 0 saturated heterocycles. The average Bonchev–Trinajstić information content (AvgIpc) is 3.17. The molecule has 3 rings (SSSR count). The van der Waals surface area contributed by atoms with E-state index in [0.29, 0.717) is 12.2 Å². The van der Waals surface area contributed by atoms with Crippen LogP contribution in [0.2, 0.25) is 0 Å². The highest BCUT2D eigenvalue weighted by molar-refractivity contribution is 5.80. The van der Waals surface area contributed by atoms with Gasteiger partial charge >= 0.3 is 0 Å². The molecule has 1 aliphatic rings. The highest BCUT2D eigenvalue weighted by Gasteiger charge is 2.22. The van der Waals surface area contributed by atoms with Gasteiger partial charge in [0.1, 0.15) is 0 Å². The number of hydrogen-bond donors (Lipinski definition) is 1. The van der Waals surface area contributed by atoms with Crippen molar-refractivity contribution in [2.24, 2.45) is 0 Å². The molecule has 1 N–H and O–H groups in total. The summed E-state index contributed by atoms with van der Waals surface area (Å²) in [4.78, 5) is 17.0. The number of ether oxygens (including phenoxy) is 2. The summed E-state index contributed by atoms with van der Waals surface area (Å²) in [5.74, 6) is 1.59. The van der Waals surface area contributed by atoms with Gasteiger partial charge in [0.2, 0.25) is 5.91 Å². The van der Waals surface area contributed by atoms with E-state index < -0.39 is 0 Å². The number of benzene rings is 1. The summed E-state index contributed by atoms with van der Waals surface area (Å²) in [6.07, 6.45) is 4.97. The van der Waals surface area contributed by atoms with Crippen molar-refractivity contribution in [3.8, 4) is 11.5 Å². The Morgan fingerprint density at radius 1 is 1.18 bits per heavy atom. The molecule has 0 saturated carbocycles. The van der Waals surface area contributed by atoms with Crippen LogP contribution in [0.1, 0.15) is 23.2 Å². The second-order valence-corrected chi connectivity index (χ2v) is 7.27. The fourth-order valence-electron chi connectivity index (χ4n) is 3.63. The van der Waals surface area contributed by atoms with Crippen molar-refractivity contribution < 1.29 is 14.3 Å². The van der Waals surface area contributed by atoms with Crippen molar-refractivity contribution >= 4 is 5.91 Å². The van der Waals surface area contributed by atoms with Crippen molar-refractivity contribution in [3.05, 3.63) is 41.2 Å². The van der Waals surface area contributed by atoms with Crippen LogP contribution in [0.3, 0.4) is 0 Å². The Balaban J connectivity index is 1.50. The first-order valence-corrected chi connectivity index (χ1v) is 9.79. The number of aromatic nitrogens is 2. The lowest BCUT2D eigenvalue weighted by molar-refractivity contribution is -0.130. The van der Waals surface area contributed by atoms with Crippen molar-refractivity contribution in [2.75, 3.05) is 47.4 Å². The molecule has 0 aliphatic carbocycles. The van der Waals surface area contributed by atoms with Crippen molar-refractivity contribution in [1.82, 2.24) is 20.0 Å². The Morgan fingerprint density at radius 3 is 2.61 bits per heavy atom. The summed E-state index contributed by atoms with van der Waals surface area (Å²) in [6, 6.07) is 5.96. The number of nitrogens with one attached hydrogen (secondary N) is 1. The number of rotatable bonds is 9. The maximum absolute atomic E-state index is 12.7. The Labute approximate surface area is 166 Å². The van der Waals surface area contributed by atoms with Gasteiger partial charge in [0, 0.05) is 37.9 Å². The number of carbonyl (C=O) groups excluding carboxylic acids is 1. The van der Waals surface area contributed by atoms with Crippen LogP contribution >= 0.6 is 0 Å². The number of likely N-dealkylation sites (N-methyl/N-ethyl adjacent to an activating group) is 1. The molecule has 0 atom stereocenters. The molecule has 2 heterocycles. The summed E-state index contributed by atoms with van der Waals surface area (Å²) in [6.45, 7) is 3.47. The average molecular weight is 386 g/mol. The Bertz CT molecular complexity index is 776. The van der Waals surface area contributed by atoms with E-state index in [0.717, 1.165) is 62.4 Å². The molecular weight excluding hydrogens is 356 g/mol. The van der Waals surface area contributed by atoms with E-state index in [1.165, 1.54) is 5.56 Å². The number of nitrogens with zero attached hydrogens (tertiary/aromatic N) is 3. The lowest BCUT2D eigenvalue weighted by Crippen LogP contribution is -2.35. The third-order valence-electron chi connectivity index (χ3n) is 5.34. The fourth-order valence-corrected chi connectivity index (χ4v) is 3.63. The number of carbonyl (C=O) groups is 1. The second kappa shape index (κ2) is 9.59. The van der Waals surface area contributed by atoms with Gasteiger partial charge in [0.15, 0.2) is 11.5 Å². The number of fused-ring (bicyclic) bond motifs is 1. The Hall–Kier alpha value is -2.54. The number of aromatic amines is 1. The number of amides is 1. The first kappa shape index (κ1) is 20.2. The van der Waals surface area contributed by atoms with E-state index in [4.69, 9.17) is 9.47 Å². The zero-order chi connectivity index (χ0) is 19.9. The van der Waals surface area contributed by atoms with Gasteiger partial charge in [-0.1, -0.05) is 0 Å². The van der Waals surface area contributed by atoms with E-state index in [9.17, 15) is 4.79 Å². The summed E-state index contributed by atoms with van der Waals surface area (Å²) in [7, 11) is 5.38. The molecule has 0 unspecified atom stereocenters. The quantitative estimate of drug-likeness (QED) is 0.713. The van der Waals surface area contributed by atoms with Gasteiger partial charge in [-0.05, 0) is 55.8 Å². The summed E-state index contributed by atoms with van der Waals surface area (Å²) < 4.78 is 10.8. The lowest BCUT2D eigenvalue weighted by atomic mass is 10.0. The summed E-state index contributed by atoms with van der Waals surface area (Å²) in [5.41, 5.74) is 3.37. The van der Waals surface area contributed by atoms with Crippen LogP contribution in [-0.4, -0.2) is 73.4 Å². The van der Waals surface area contributed by atoms with E-state index in [-0.39, 0.29) is 5.91 Å². The van der Waals surface area contributed by atoms with Crippen LogP contribution in [0.4, 0.5) is 0 Å².